The number of amides is 1. The van der Waals surface area contributed by atoms with Crippen molar-refractivity contribution in [3.8, 4) is 0 Å². The van der Waals surface area contributed by atoms with Gasteiger partial charge >= 0.3 is 0 Å². The zero-order chi connectivity index (χ0) is 14.4. The zero-order valence-corrected chi connectivity index (χ0v) is 13.4. The molecular formula is C17H25NOS. The Labute approximate surface area is 126 Å². The van der Waals surface area contributed by atoms with E-state index in [9.17, 15) is 4.79 Å². The van der Waals surface area contributed by atoms with Crippen LogP contribution in [-0.4, -0.2) is 23.5 Å². The summed E-state index contributed by atoms with van der Waals surface area (Å²) >= 11 is 2.02. The highest BCUT2D eigenvalue weighted by molar-refractivity contribution is 7.99. The molecule has 0 heterocycles. The second-order valence-electron chi connectivity index (χ2n) is 5.73. The Kier molecular flexibility index (Phi) is 5.96. The molecule has 1 fully saturated rings. The number of benzene rings is 1. The van der Waals surface area contributed by atoms with Crippen molar-refractivity contribution in [3.63, 3.8) is 0 Å². The lowest BCUT2D eigenvalue weighted by molar-refractivity contribution is -0.120. The summed E-state index contributed by atoms with van der Waals surface area (Å²) in [4.78, 5) is 12.0. The normalized spacial score (nSPS) is 15.5. The topological polar surface area (TPSA) is 29.1 Å². The van der Waals surface area contributed by atoms with Crippen molar-refractivity contribution < 1.29 is 4.79 Å². The highest BCUT2D eigenvalue weighted by Crippen LogP contribution is 2.28. The van der Waals surface area contributed by atoms with Gasteiger partial charge in [-0.15, -0.1) is 0 Å². The quantitative estimate of drug-likeness (QED) is 0.811. The van der Waals surface area contributed by atoms with Crippen molar-refractivity contribution in [2.24, 2.45) is 0 Å². The van der Waals surface area contributed by atoms with Crippen LogP contribution < -0.4 is 5.32 Å². The van der Waals surface area contributed by atoms with E-state index in [0.717, 1.165) is 23.1 Å². The maximum absolute atomic E-state index is 12.0. The second-order valence-corrected chi connectivity index (χ2v) is 7.14. The fourth-order valence-electron chi connectivity index (χ4n) is 2.70. The molecular weight excluding hydrogens is 266 g/mol. The van der Waals surface area contributed by atoms with Gasteiger partial charge in [0.1, 0.15) is 0 Å². The van der Waals surface area contributed by atoms with Gasteiger partial charge in [-0.25, -0.2) is 0 Å². The highest BCUT2D eigenvalue weighted by Gasteiger charge is 2.14. The summed E-state index contributed by atoms with van der Waals surface area (Å²) in [7, 11) is 0. The van der Waals surface area contributed by atoms with Gasteiger partial charge < -0.3 is 5.32 Å². The van der Waals surface area contributed by atoms with Crippen LogP contribution in [0.2, 0.25) is 0 Å². The smallest absolute Gasteiger partial charge is 0.224 e. The first-order valence-corrected chi connectivity index (χ1v) is 8.64. The second kappa shape index (κ2) is 7.72. The van der Waals surface area contributed by atoms with Crippen LogP contribution in [-0.2, 0) is 11.2 Å². The van der Waals surface area contributed by atoms with E-state index in [2.05, 4.69) is 37.4 Å². The molecule has 0 aliphatic heterocycles. The van der Waals surface area contributed by atoms with Crippen LogP contribution in [0.4, 0.5) is 0 Å². The molecule has 1 aliphatic carbocycles. The van der Waals surface area contributed by atoms with Crippen molar-refractivity contribution >= 4 is 17.7 Å². The minimum absolute atomic E-state index is 0.144. The molecule has 0 aromatic heterocycles. The molecule has 0 saturated heterocycles. The van der Waals surface area contributed by atoms with E-state index < -0.39 is 0 Å². The molecule has 3 heteroatoms. The Morgan fingerprint density at radius 3 is 2.80 bits per heavy atom. The average Bonchev–Trinajstić information content (AvgIpc) is 2.92. The van der Waals surface area contributed by atoms with Crippen molar-refractivity contribution in [2.45, 2.75) is 51.2 Å². The number of aryl methyl sites for hydroxylation is 2. The first kappa shape index (κ1) is 15.4. The van der Waals surface area contributed by atoms with Gasteiger partial charge in [0.05, 0.1) is 6.42 Å². The molecule has 1 amide bonds. The standard InChI is InChI=1S/C17H25NOS/c1-13-7-8-14(2)15(11-13)12-17(19)18-9-10-20-16-5-3-4-6-16/h7-8,11,16H,3-6,9-10,12H2,1-2H3,(H,18,19). The maximum Gasteiger partial charge on any atom is 0.224 e. The molecule has 0 radical (unpaired) electrons. The summed E-state index contributed by atoms with van der Waals surface area (Å²) in [6.45, 7) is 4.93. The van der Waals surface area contributed by atoms with Gasteiger partial charge in [-0.2, -0.15) is 11.8 Å². The summed E-state index contributed by atoms with van der Waals surface area (Å²) in [5.41, 5.74) is 3.56. The predicted molar refractivity (Wildman–Crippen MR) is 87.3 cm³/mol. The fraction of sp³-hybridized carbons (Fsp3) is 0.588. The van der Waals surface area contributed by atoms with E-state index >= 15 is 0 Å². The van der Waals surface area contributed by atoms with Gasteiger partial charge in [-0.1, -0.05) is 36.6 Å². The molecule has 1 aromatic carbocycles. The Morgan fingerprint density at radius 1 is 1.30 bits per heavy atom. The van der Waals surface area contributed by atoms with E-state index in [1.165, 1.54) is 36.8 Å². The van der Waals surface area contributed by atoms with E-state index in [4.69, 9.17) is 0 Å². The lowest BCUT2D eigenvalue weighted by Crippen LogP contribution is -2.27. The van der Waals surface area contributed by atoms with E-state index in [1.54, 1.807) is 0 Å². The minimum Gasteiger partial charge on any atom is -0.355 e. The molecule has 20 heavy (non-hydrogen) atoms. The predicted octanol–water partition coefficient (Wildman–Crippen LogP) is 3.64. The van der Waals surface area contributed by atoms with Crippen LogP contribution in [0.25, 0.3) is 0 Å². The molecule has 0 spiro atoms. The summed E-state index contributed by atoms with van der Waals surface area (Å²) < 4.78 is 0. The van der Waals surface area contributed by atoms with E-state index in [-0.39, 0.29) is 5.91 Å². The lowest BCUT2D eigenvalue weighted by atomic mass is 10.0. The average molecular weight is 291 g/mol. The largest absolute Gasteiger partial charge is 0.355 e. The molecule has 1 aliphatic rings. The molecule has 0 bridgehead atoms. The number of carbonyl (C=O) groups is 1. The van der Waals surface area contributed by atoms with Crippen LogP contribution in [0.1, 0.15) is 42.4 Å². The van der Waals surface area contributed by atoms with Gasteiger partial charge in [0.25, 0.3) is 0 Å². The molecule has 2 nitrogen and oxygen atoms in total. The van der Waals surface area contributed by atoms with Crippen molar-refractivity contribution in [1.82, 2.24) is 5.32 Å². The number of rotatable bonds is 6. The fourth-order valence-corrected chi connectivity index (χ4v) is 3.92. The van der Waals surface area contributed by atoms with Crippen LogP contribution in [0.5, 0.6) is 0 Å². The number of hydrogen-bond donors (Lipinski definition) is 1. The molecule has 1 N–H and O–H groups in total. The minimum atomic E-state index is 0.144. The number of hydrogen-bond acceptors (Lipinski definition) is 2. The van der Waals surface area contributed by atoms with Gasteiger partial charge in [0.15, 0.2) is 0 Å². The van der Waals surface area contributed by atoms with Crippen LogP contribution >= 0.6 is 11.8 Å². The van der Waals surface area contributed by atoms with Crippen LogP contribution in [0.3, 0.4) is 0 Å². The molecule has 0 unspecified atom stereocenters. The number of thioether (sulfide) groups is 1. The van der Waals surface area contributed by atoms with Crippen LogP contribution in [0, 0.1) is 13.8 Å². The maximum atomic E-state index is 12.0. The van der Waals surface area contributed by atoms with Gasteiger partial charge in [0.2, 0.25) is 5.91 Å². The van der Waals surface area contributed by atoms with E-state index in [0.29, 0.717) is 6.42 Å². The molecule has 0 atom stereocenters. The monoisotopic (exact) mass is 291 g/mol. The summed E-state index contributed by atoms with van der Waals surface area (Å²) in [5.74, 6) is 1.19. The summed E-state index contributed by atoms with van der Waals surface area (Å²) in [6, 6.07) is 6.30. The molecule has 1 aromatic rings. The SMILES string of the molecule is Cc1ccc(C)c(CC(=O)NCCSC2CCCC2)c1. The summed E-state index contributed by atoms with van der Waals surface area (Å²) in [5, 5.41) is 3.88. The number of nitrogens with one attached hydrogen (secondary N) is 1. The van der Waals surface area contributed by atoms with Gasteiger partial charge in [-0.05, 0) is 37.8 Å². The van der Waals surface area contributed by atoms with Crippen molar-refractivity contribution in [2.75, 3.05) is 12.3 Å². The lowest BCUT2D eigenvalue weighted by Gasteiger charge is -2.10. The molecule has 1 saturated carbocycles. The summed E-state index contributed by atoms with van der Waals surface area (Å²) in [6.07, 6.45) is 6.00. The molecule has 110 valence electrons. The van der Waals surface area contributed by atoms with Crippen molar-refractivity contribution in [3.05, 3.63) is 34.9 Å². The molecule has 2 rings (SSSR count). The Morgan fingerprint density at radius 2 is 2.05 bits per heavy atom. The van der Waals surface area contributed by atoms with Crippen LogP contribution in [0.15, 0.2) is 18.2 Å². The Bertz CT molecular complexity index is 452. The number of carbonyl (C=O) groups excluding carboxylic acids is 1. The zero-order valence-electron chi connectivity index (χ0n) is 12.6. The Balaban J connectivity index is 1.68. The first-order chi connectivity index (χ1) is 9.65. The first-order valence-electron chi connectivity index (χ1n) is 7.59. The third-order valence-corrected chi connectivity index (χ3v) is 5.32. The highest BCUT2D eigenvalue weighted by atomic mass is 32.2. The van der Waals surface area contributed by atoms with E-state index in [1.807, 2.05) is 11.8 Å². The van der Waals surface area contributed by atoms with Gasteiger partial charge in [0, 0.05) is 17.5 Å². The van der Waals surface area contributed by atoms with Gasteiger partial charge in [-0.3, -0.25) is 4.79 Å². The third kappa shape index (κ3) is 4.86. The third-order valence-electron chi connectivity index (χ3n) is 3.94. The Hall–Kier alpha value is -0.960. The van der Waals surface area contributed by atoms with Crippen molar-refractivity contribution in [1.29, 1.82) is 0 Å².